The molecule has 1 N–H and O–H groups in total. The van der Waals surface area contributed by atoms with Crippen LogP contribution in [0.2, 0.25) is 0 Å². The van der Waals surface area contributed by atoms with Gasteiger partial charge in [-0.1, -0.05) is 6.92 Å². The van der Waals surface area contributed by atoms with Crippen LogP contribution in [0.15, 0.2) is 18.5 Å². The number of aryl methyl sites for hydroxylation is 1. The van der Waals surface area contributed by atoms with E-state index in [9.17, 15) is 0 Å². The quantitative estimate of drug-likeness (QED) is 0.883. The molecule has 0 amide bonds. The highest BCUT2D eigenvalue weighted by Crippen LogP contribution is 2.26. The highest BCUT2D eigenvalue weighted by Gasteiger charge is 2.24. The van der Waals surface area contributed by atoms with Crippen LogP contribution >= 0.6 is 0 Å². The fourth-order valence-corrected chi connectivity index (χ4v) is 3.00. The summed E-state index contributed by atoms with van der Waals surface area (Å²) >= 11 is 0. The second kappa shape index (κ2) is 6.90. The van der Waals surface area contributed by atoms with Gasteiger partial charge in [0, 0.05) is 37.2 Å². The number of nitrogens with one attached hydrogen (secondary N) is 1. The molecule has 0 spiro atoms. The molecule has 2 rings (SSSR count). The van der Waals surface area contributed by atoms with E-state index in [1.165, 1.54) is 43.6 Å². The van der Waals surface area contributed by atoms with E-state index >= 15 is 0 Å². The second-order valence-electron chi connectivity index (χ2n) is 5.73. The van der Waals surface area contributed by atoms with Gasteiger partial charge in [-0.25, -0.2) is 0 Å². The van der Waals surface area contributed by atoms with E-state index in [1.54, 1.807) is 0 Å². The molecule has 1 aromatic rings. The monoisotopic (exact) mass is 261 g/mol. The van der Waals surface area contributed by atoms with Crippen LogP contribution in [-0.4, -0.2) is 30.7 Å². The molecule has 1 aliphatic heterocycles. The van der Waals surface area contributed by atoms with Crippen molar-refractivity contribution in [1.82, 2.24) is 10.3 Å². The van der Waals surface area contributed by atoms with Gasteiger partial charge in [0.2, 0.25) is 0 Å². The molecule has 3 heteroatoms. The summed E-state index contributed by atoms with van der Waals surface area (Å²) in [6.45, 7) is 10.2. The molecule has 1 aliphatic rings. The van der Waals surface area contributed by atoms with E-state index < -0.39 is 0 Å². The van der Waals surface area contributed by atoms with Crippen molar-refractivity contribution in [1.29, 1.82) is 0 Å². The highest BCUT2D eigenvalue weighted by atomic mass is 15.1. The van der Waals surface area contributed by atoms with Crippen molar-refractivity contribution in [2.24, 2.45) is 5.92 Å². The first kappa shape index (κ1) is 14.3. The summed E-state index contributed by atoms with van der Waals surface area (Å²) in [4.78, 5) is 6.69. The van der Waals surface area contributed by atoms with Crippen molar-refractivity contribution < 1.29 is 0 Å². The standard InChI is InChI=1S/C16H27N3/c1-4-8-18-14(3)15-6-10-19(11-7-15)16-5-9-17-12-13(16)2/h5,9,12,14-15,18H,4,6-8,10-11H2,1-3H3. The van der Waals surface area contributed by atoms with E-state index in [-0.39, 0.29) is 0 Å². The fourth-order valence-electron chi connectivity index (χ4n) is 3.00. The van der Waals surface area contributed by atoms with Gasteiger partial charge in [-0.15, -0.1) is 0 Å². The molecule has 106 valence electrons. The number of anilines is 1. The van der Waals surface area contributed by atoms with Crippen molar-refractivity contribution in [3.63, 3.8) is 0 Å². The molecule has 1 saturated heterocycles. The smallest absolute Gasteiger partial charge is 0.0426 e. The Labute approximate surface area is 117 Å². The molecule has 0 saturated carbocycles. The van der Waals surface area contributed by atoms with Gasteiger partial charge in [-0.2, -0.15) is 0 Å². The first-order valence-corrected chi connectivity index (χ1v) is 7.61. The molecule has 1 unspecified atom stereocenters. The van der Waals surface area contributed by atoms with Crippen molar-refractivity contribution >= 4 is 5.69 Å². The predicted octanol–water partition coefficient (Wildman–Crippen LogP) is 2.99. The highest BCUT2D eigenvalue weighted by molar-refractivity contribution is 5.51. The zero-order chi connectivity index (χ0) is 13.7. The Bertz CT molecular complexity index is 383. The van der Waals surface area contributed by atoms with Crippen molar-refractivity contribution in [3.8, 4) is 0 Å². The topological polar surface area (TPSA) is 28.2 Å². The SMILES string of the molecule is CCCNC(C)C1CCN(c2ccncc2C)CC1. The number of pyridine rings is 1. The molecule has 1 fully saturated rings. The van der Waals surface area contributed by atoms with Crippen molar-refractivity contribution in [2.75, 3.05) is 24.5 Å². The lowest BCUT2D eigenvalue weighted by atomic mass is 9.90. The average molecular weight is 261 g/mol. The molecular weight excluding hydrogens is 234 g/mol. The maximum atomic E-state index is 4.18. The van der Waals surface area contributed by atoms with Crippen LogP contribution < -0.4 is 10.2 Å². The summed E-state index contributed by atoms with van der Waals surface area (Å²) in [6, 6.07) is 2.80. The molecule has 2 heterocycles. The summed E-state index contributed by atoms with van der Waals surface area (Å²) in [6.07, 6.45) is 7.67. The Morgan fingerprint density at radius 2 is 2.16 bits per heavy atom. The van der Waals surface area contributed by atoms with Crippen LogP contribution in [0.5, 0.6) is 0 Å². The van der Waals surface area contributed by atoms with Crippen LogP contribution in [0, 0.1) is 12.8 Å². The molecule has 0 radical (unpaired) electrons. The molecule has 0 bridgehead atoms. The van der Waals surface area contributed by atoms with Crippen LogP contribution in [-0.2, 0) is 0 Å². The summed E-state index contributed by atoms with van der Waals surface area (Å²) in [5.41, 5.74) is 2.65. The van der Waals surface area contributed by atoms with Crippen LogP contribution in [0.25, 0.3) is 0 Å². The van der Waals surface area contributed by atoms with E-state index in [0.29, 0.717) is 6.04 Å². The van der Waals surface area contributed by atoms with Crippen molar-refractivity contribution in [3.05, 3.63) is 24.0 Å². The summed E-state index contributed by atoms with van der Waals surface area (Å²) in [7, 11) is 0. The summed E-state index contributed by atoms with van der Waals surface area (Å²) in [5, 5.41) is 3.64. The van der Waals surface area contributed by atoms with E-state index in [0.717, 1.165) is 12.5 Å². The molecule has 0 aliphatic carbocycles. The second-order valence-corrected chi connectivity index (χ2v) is 5.73. The summed E-state index contributed by atoms with van der Waals surface area (Å²) < 4.78 is 0. The Hall–Kier alpha value is -1.09. The molecule has 19 heavy (non-hydrogen) atoms. The number of hydrogen-bond acceptors (Lipinski definition) is 3. The molecule has 1 atom stereocenters. The Kier molecular flexibility index (Phi) is 5.20. The van der Waals surface area contributed by atoms with Crippen LogP contribution in [0.3, 0.4) is 0 Å². The third kappa shape index (κ3) is 3.69. The van der Waals surface area contributed by atoms with Gasteiger partial charge < -0.3 is 10.2 Å². The van der Waals surface area contributed by atoms with Gasteiger partial charge in [0.15, 0.2) is 0 Å². The number of piperidine rings is 1. The van der Waals surface area contributed by atoms with Gasteiger partial charge in [-0.3, -0.25) is 4.98 Å². The minimum Gasteiger partial charge on any atom is -0.371 e. The number of hydrogen-bond donors (Lipinski definition) is 1. The van der Waals surface area contributed by atoms with Gasteiger partial charge in [-0.05, 0) is 57.2 Å². The minimum atomic E-state index is 0.653. The molecule has 1 aromatic heterocycles. The Morgan fingerprint density at radius 3 is 2.79 bits per heavy atom. The van der Waals surface area contributed by atoms with Crippen LogP contribution in [0.1, 0.15) is 38.7 Å². The van der Waals surface area contributed by atoms with Gasteiger partial charge >= 0.3 is 0 Å². The lowest BCUT2D eigenvalue weighted by Crippen LogP contribution is -2.42. The zero-order valence-electron chi connectivity index (χ0n) is 12.5. The Balaban J connectivity index is 1.87. The lowest BCUT2D eigenvalue weighted by molar-refractivity contribution is 0.311. The third-order valence-electron chi connectivity index (χ3n) is 4.29. The zero-order valence-corrected chi connectivity index (χ0v) is 12.5. The van der Waals surface area contributed by atoms with Gasteiger partial charge in [0.1, 0.15) is 0 Å². The molecular formula is C16H27N3. The van der Waals surface area contributed by atoms with Crippen LogP contribution in [0.4, 0.5) is 5.69 Å². The molecule has 0 aromatic carbocycles. The molecule has 3 nitrogen and oxygen atoms in total. The van der Waals surface area contributed by atoms with E-state index in [1.807, 2.05) is 12.4 Å². The minimum absolute atomic E-state index is 0.653. The summed E-state index contributed by atoms with van der Waals surface area (Å²) in [5.74, 6) is 0.824. The number of nitrogens with zero attached hydrogens (tertiary/aromatic N) is 2. The van der Waals surface area contributed by atoms with Crippen molar-refractivity contribution in [2.45, 2.75) is 46.1 Å². The van der Waals surface area contributed by atoms with Gasteiger partial charge in [0.25, 0.3) is 0 Å². The number of rotatable bonds is 5. The third-order valence-corrected chi connectivity index (χ3v) is 4.29. The normalized spacial score (nSPS) is 18.6. The predicted molar refractivity (Wildman–Crippen MR) is 81.7 cm³/mol. The van der Waals surface area contributed by atoms with Gasteiger partial charge in [0.05, 0.1) is 0 Å². The van der Waals surface area contributed by atoms with E-state index in [2.05, 4.69) is 42.0 Å². The first-order valence-electron chi connectivity index (χ1n) is 7.61. The average Bonchev–Trinajstić information content (AvgIpc) is 2.45. The maximum Gasteiger partial charge on any atom is 0.0426 e. The Morgan fingerprint density at radius 1 is 1.42 bits per heavy atom. The largest absolute Gasteiger partial charge is 0.371 e. The fraction of sp³-hybridized carbons (Fsp3) is 0.688. The lowest BCUT2D eigenvalue weighted by Gasteiger charge is -2.37. The first-order chi connectivity index (χ1) is 9.22. The van der Waals surface area contributed by atoms with E-state index in [4.69, 9.17) is 0 Å². The number of aromatic nitrogens is 1. The maximum absolute atomic E-state index is 4.18.